The summed E-state index contributed by atoms with van der Waals surface area (Å²) in [5.74, 6) is -1.18. The number of fused-ring (bicyclic) bond motifs is 2. The number of thiophene rings is 1. The monoisotopic (exact) mass is 610 g/mol. The zero-order valence-corrected chi connectivity index (χ0v) is 23.1. The van der Waals surface area contributed by atoms with E-state index in [4.69, 9.17) is 4.74 Å². The normalized spacial score (nSPS) is 18.9. The number of alkyl halides is 3. The Balaban J connectivity index is 1.49. The molecule has 0 bridgehead atoms. The van der Waals surface area contributed by atoms with Crippen LogP contribution in [0.25, 0.3) is 0 Å². The molecule has 202 valence electrons. The molecule has 2 N–H and O–H groups in total. The van der Waals surface area contributed by atoms with E-state index >= 15 is 0 Å². The molecular formula is C26H26BrF3N4O3S. The Kier molecular flexibility index (Phi) is 7.29. The SMILES string of the molecule is CC(C)OC(=O)c1c(NC(=O)c2cnn3c2NC(c2ccc(Br)cc2)CC3C(F)(F)F)sc2c1CCCC2. The number of rotatable bonds is 5. The molecule has 2 aromatic heterocycles. The lowest BCUT2D eigenvalue weighted by Crippen LogP contribution is -2.36. The van der Waals surface area contributed by atoms with Crippen LogP contribution in [0.4, 0.5) is 24.0 Å². The fraction of sp³-hybridized carbons (Fsp3) is 0.423. The summed E-state index contributed by atoms with van der Waals surface area (Å²) in [6.07, 6.45) is -0.629. The van der Waals surface area contributed by atoms with Gasteiger partial charge in [0.1, 0.15) is 16.4 Å². The van der Waals surface area contributed by atoms with E-state index in [2.05, 4.69) is 31.7 Å². The van der Waals surface area contributed by atoms with Crippen LogP contribution in [0.15, 0.2) is 34.9 Å². The zero-order valence-electron chi connectivity index (χ0n) is 20.7. The highest BCUT2D eigenvalue weighted by atomic mass is 79.9. The summed E-state index contributed by atoms with van der Waals surface area (Å²) in [5.41, 5.74) is 1.84. The van der Waals surface area contributed by atoms with Gasteiger partial charge in [0.05, 0.1) is 23.9 Å². The van der Waals surface area contributed by atoms with Crippen LogP contribution in [0.1, 0.15) is 81.9 Å². The first kappa shape index (κ1) is 26.7. The maximum Gasteiger partial charge on any atom is 0.410 e. The van der Waals surface area contributed by atoms with Crippen molar-refractivity contribution in [3.63, 3.8) is 0 Å². The van der Waals surface area contributed by atoms with Gasteiger partial charge in [0, 0.05) is 15.8 Å². The maximum absolute atomic E-state index is 14.1. The molecule has 0 radical (unpaired) electrons. The van der Waals surface area contributed by atoms with Crippen LogP contribution in [0.3, 0.4) is 0 Å². The van der Waals surface area contributed by atoms with Crippen LogP contribution in [0.5, 0.6) is 0 Å². The van der Waals surface area contributed by atoms with Crippen molar-refractivity contribution in [2.24, 2.45) is 0 Å². The lowest BCUT2D eigenvalue weighted by Gasteiger charge is -2.34. The first-order chi connectivity index (χ1) is 18.0. The highest BCUT2D eigenvalue weighted by molar-refractivity contribution is 9.10. The minimum absolute atomic E-state index is 0.0170. The van der Waals surface area contributed by atoms with Gasteiger partial charge in [-0.1, -0.05) is 28.1 Å². The number of carbonyl (C=O) groups is 2. The van der Waals surface area contributed by atoms with Crippen LogP contribution in [-0.4, -0.2) is 33.9 Å². The van der Waals surface area contributed by atoms with Crippen LogP contribution < -0.4 is 10.6 Å². The molecule has 0 saturated carbocycles. The topological polar surface area (TPSA) is 85.2 Å². The molecule has 5 rings (SSSR count). The summed E-state index contributed by atoms with van der Waals surface area (Å²) in [7, 11) is 0. The highest BCUT2D eigenvalue weighted by Gasteiger charge is 2.47. The standard InChI is InChI=1S/C26H26BrF3N4O3S/c1-13(2)37-25(36)21-16-5-3-4-6-19(16)38-24(21)33-23(35)17-12-31-34-20(26(28,29)30)11-18(32-22(17)34)14-7-9-15(27)10-8-14/h7-10,12-13,18,20,32H,3-6,11H2,1-2H3,(H,33,35). The summed E-state index contributed by atoms with van der Waals surface area (Å²) in [6.45, 7) is 3.50. The van der Waals surface area contributed by atoms with Crippen LogP contribution in [0, 0.1) is 0 Å². The van der Waals surface area contributed by atoms with Crippen LogP contribution in [0.2, 0.25) is 0 Å². The van der Waals surface area contributed by atoms with E-state index in [1.807, 2.05) is 0 Å². The van der Waals surface area contributed by atoms with Gasteiger partial charge in [-0.15, -0.1) is 11.3 Å². The number of halogens is 4. The predicted molar refractivity (Wildman–Crippen MR) is 142 cm³/mol. The number of carbonyl (C=O) groups excluding carboxylic acids is 2. The Bertz CT molecular complexity index is 1370. The molecule has 0 spiro atoms. The number of nitrogens with zero attached hydrogens (tertiary/aromatic N) is 2. The number of benzene rings is 1. The number of hydrogen-bond acceptors (Lipinski definition) is 6. The Hall–Kier alpha value is -2.86. The Morgan fingerprint density at radius 1 is 1.21 bits per heavy atom. The van der Waals surface area contributed by atoms with E-state index < -0.39 is 30.1 Å². The van der Waals surface area contributed by atoms with Crippen molar-refractivity contribution in [2.45, 2.75) is 70.3 Å². The zero-order chi connectivity index (χ0) is 27.2. The lowest BCUT2D eigenvalue weighted by atomic mass is 9.95. The fourth-order valence-corrected chi connectivity index (χ4v) is 6.49. The van der Waals surface area contributed by atoms with E-state index in [1.165, 1.54) is 11.3 Å². The van der Waals surface area contributed by atoms with Gasteiger partial charge in [-0.2, -0.15) is 18.3 Å². The molecule has 12 heteroatoms. The summed E-state index contributed by atoms with van der Waals surface area (Å²) >= 11 is 4.66. The number of amides is 1. The lowest BCUT2D eigenvalue weighted by molar-refractivity contribution is -0.173. The summed E-state index contributed by atoms with van der Waals surface area (Å²) in [5, 5.41) is 10.2. The quantitative estimate of drug-likeness (QED) is 0.302. The molecule has 7 nitrogen and oxygen atoms in total. The minimum atomic E-state index is -4.56. The van der Waals surface area contributed by atoms with Gasteiger partial charge in [0.15, 0.2) is 6.04 Å². The molecule has 2 aliphatic rings. The molecule has 38 heavy (non-hydrogen) atoms. The van der Waals surface area contributed by atoms with Crippen molar-refractivity contribution < 1.29 is 27.5 Å². The van der Waals surface area contributed by atoms with Crippen molar-refractivity contribution in [1.29, 1.82) is 0 Å². The van der Waals surface area contributed by atoms with Gasteiger partial charge in [-0.05, 0) is 62.8 Å². The molecule has 1 aliphatic carbocycles. The number of anilines is 2. The van der Waals surface area contributed by atoms with Gasteiger partial charge in [0.2, 0.25) is 0 Å². The molecule has 0 saturated heterocycles. The van der Waals surface area contributed by atoms with Crippen molar-refractivity contribution in [1.82, 2.24) is 9.78 Å². The van der Waals surface area contributed by atoms with E-state index in [0.29, 0.717) is 22.5 Å². The van der Waals surface area contributed by atoms with Gasteiger partial charge in [0.25, 0.3) is 5.91 Å². The molecule has 3 aromatic rings. The third-order valence-electron chi connectivity index (χ3n) is 6.70. The first-order valence-corrected chi connectivity index (χ1v) is 14.0. The predicted octanol–water partition coefficient (Wildman–Crippen LogP) is 7.06. The molecule has 2 unspecified atom stereocenters. The van der Waals surface area contributed by atoms with E-state index in [-0.39, 0.29) is 23.9 Å². The Morgan fingerprint density at radius 3 is 2.61 bits per heavy atom. The molecule has 1 amide bonds. The van der Waals surface area contributed by atoms with E-state index in [1.54, 1.807) is 38.1 Å². The van der Waals surface area contributed by atoms with Gasteiger partial charge < -0.3 is 15.4 Å². The third kappa shape index (κ3) is 5.20. The highest BCUT2D eigenvalue weighted by Crippen LogP contribution is 2.45. The second kappa shape index (κ2) is 10.4. The largest absolute Gasteiger partial charge is 0.459 e. The molecule has 2 atom stereocenters. The first-order valence-electron chi connectivity index (χ1n) is 12.4. The molecular weight excluding hydrogens is 585 g/mol. The molecule has 3 heterocycles. The maximum atomic E-state index is 14.1. The van der Waals surface area contributed by atoms with Gasteiger partial charge in [-0.25, -0.2) is 9.48 Å². The average Bonchev–Trinajstić information content (AvgIpc) is 3.44. The molecule has 1 aromatic carbocycles. The number of ether oxygens (including phenoxy) is 1. The van der Waals surface area contributed by atoms with E-state index in [0.717, 1.165) is 45.1 Å². The van der Waals surface area contributed by atoms with Crippen LogP contribution in [-0.2, 0) is 17.6 Å². The fourth-order valence-electron chi connectivity index (χ4n) is 4.96. The minimum Gasteiger partial charge on any atom is -0.459 e. The second-order valence-corrected chi connectivity index (χ2v) is 11.7. The van der Waals surface area contributed by atoms with Crippen molar-refractivity contribution in [3.8, 4) is 0 Å². The third-order valence-corrected chi connectivity index (χ3v) is 8.44. The summed E-state index contributed by atoms with van der Waals surface area (Å²) < 4.78 is 49.3. The van der Waals surface area contributed by atoms with Crippen molar-refractivity contribution in [3.05, 3.63) is 62.1 Å². The number of esters is 1. The van der Waals surface area contributed by atoms with Crippen molar-refractivity contribution >= 4 is 50.0 Å². The molecule has 0 fully saturated rings. The Labute approximate surface area is 229 Å². The van der Waals surface area contributed by atoms with Gasteiger partial charge >= 0.3 is 12.1 Å². The number of hydrogen-bond donors (Lipinski definition) is 2. The van der Waals surface area contributed by atoms with Crippen LogP contribution >= 0.6 is 27.3 Å². The van der Waals surface area contributed by atoms with Crippen molar-refractivity contribution in [2.75, 3.05) is 10.6 Å². The Morgan fingerprint density at radius 2 is 1.92 bits per heavy atom. The average molecular weight is 611 g/mol. The second-order valence-electron chi connectivity index (χ2n) is 9.72. The summed E-state index contributed by atoms with van der Waals surface area (Å²) in [6, 6.07) is 4.41. The van der Waals surface area contributed by atoms with E-state index in [9.17, 15) is 22.8 Å². The molecule has 1 aliphatic heterocycles. The smallest absolute Gasteiger partial charge is 0.410 e. The number of nitrogens with one attached hydrogen (secondary N) is 2. The number of aromatic nitrogens is 2. The van der Waals surface area contributed by atoms with Gasteiger partial charge in [-0.3, -0.25) is 4.79 Å². The summed E-state index contributed by atoms with van der Waals surface area (Å²) in [4.78, 5) is 27.4. The number of aryl methyl sites for hydroxylation is 1.